The Morgan fingerprint density at radius 3 is 2.15 bits per heavy atom. The van der Waals surface area contributed by atoms with Gasteiger partial charge in [0.1, 0.15) is 11.2 Å². The van der Waals surface area contributed by atoms with Crippen molar-refractivity contribution in [1.82, 2.24) is 0 Å². The summed E-state index contributed by atoms with van der Waals surface area (Å²) in [6.45, 7) is 0. The van der Waals surface area contributed by atoms with E-state index in [1.807, 2.05) is 24.3 Å². The number of rotatable bonds is 2. The number of hydrogen-bond acceptors (Lipinski definition) is 1. The molecule has 0 aliphatic rings. The quantitative estimate of drug-likeness (QED) is 0.318. The van der Waals surface area contributed by atoms with E-state index in [1.165, 1.54) is 11.1 Å². The fourth-order valence-electron chi connectivity index (χ4n) is 3.57. The molecule has 0 bridgehead atoms. The number of hydrogen-bond donors (Lipinski definition) is 0. The minimum atomic E-state index is 0.683. The first-order valence-electron chi connectivity index (χ1n) is 8.57. The fourth-order valence-corrected chi connectivity index (χ4v) is 3.73. The molecule has 0 spiro atoms. The smallest absolute Gasteiger partial charge is 0.143 e. The van der Waals surface area contributed by atoms with E-state index in [1.54, 1.807) is 0 Å². The van der Waals surface area contributed by atoms with E-state index in [4.69, 9.17) is 16.0 Å². The molecule has 0 radical (unpaired) electrons. The molecule has 0 saturated heterocycles. The highest BCUT2D eigenvalue weighted by molar-refractivity contribution is 6.31. The van der Waals surface area contributed by atoms with Gasteiger partial charge in [-0.25, -0.2) is 0 Å². The van der Waals surface area contributed by atoms with E-state index in [-0.39, 0.29) is 0 Å². The van der Waals surface area contributed by atoms with Crippen molar-refractivity contribution in [3.8, 4) is 22.3 Å². The third-order valence-corrected chi connectivity index (χ3v) is 5.00. The Balaban J connectivity index is 1.82. The van der Waals surface area contributed by atoms with Crippen LogP contribution in [-0.4, -0.2) is 0 Å². The molecule has 0 aliphatic carbocycles. The molecule has 0 unspecified atom stereocenters. The largest absolute Gasteiger partial charge is 0.455 e. The van der Waals surface area contributed by atoms with Crippen molar-refractivity contribution >= 4 is 33.5 Å². The molecule has 0 aliphatic heterocycles. The molecule has 4 aromatic carbocycles. The van der Waals surface area contributed by atoms with E-state index >= 15 is 0 Å². The Morgan fingerprint density at radius 2 is 1.31 bits per heavy atom. The van der Waals surface area contributed by atoms with Crippen LogP contribution in [0.3, 0.4) is 0 Å². The molecule has 124 valence electrons. The van der Waals surface area contributed by atoms with E-state index in [9.17, 15) is 0 Å². The Hall–Kier alpha value is -3.03. The monoisotopic (exact) mass is 354 g/mol. The van der Waals surface area contributed by atoms with Gasteiger partial charge in [0.15, 0.2) is 0 Å². The third kappa shape index (κ3) is 2.40. The lowest BCUT2D eigenvalue weighted by atomic mass is 9.93. The number of para-hydroxylation sites is 1. The fraction of sp³-hybridized carbons (Fsp3) is 0. The summed E-state index contributed by atoms with van der Waals surface area (Å²) in [5.74, 6) is 0. The second-order valence-corrected chi connectivity index (χ2v) is 6.77. The number of benzene rings is 4. The Morgan fingerprint density at radius 1 is 0.577 bits per heavy atom. The molecule has 0 amide bonds. The van der Waals surface area contributed by atoms with Crippen molar-refractivity contribution in [1.29, 1.82) is 0 Å². The zero-order chi connectivity index (χ0) is 17.5. The van der Waals surface area contributed by atoms with Crippen molar-refractivity contribution in [3.05, 3.63) is 96.0 Å². The van der Waals surface area contributed by atoms with Gasteiger partial charge in [0.25, 0.3) is 0 Å². The first-order chi connectivity index (χ1) is 12.8. The van der Waals surface area contributed by atoms with Crippen LogP contribution in [0, 0.1) is 0 Å². The van der Waals surface area contributed by atoms with E-state index in [0.717, 1.165) is 33.1 Å². The van der Waals surface area contributed by atoms with Crippen molar-refractivity contribution in [2.75, 3.05) is 0 Å². The van der Waals surface area contributed by atoms with Gasteiger partial charge in [0, 0.05) is 27.4 Å². The summed E-state index contributed by atoms with van der Waals surface area (Å²) in [7, 11) is 0. The van der Waals surface area contributed by atoms with Gasteiger partial charge in [0.2, 0.25) is 0 Å². The standard InChI is InChI=1S/C24H15ClO/c25-17-13-14-20-22-12-6-11-21(24(22)26-23(20)15-17)19-10-5-4-9-18(19)16-7-2-1-3-8-16/h1-15H. The predicted molar refractivity (Wildman–Crippen MR) is 110 cm³/mol. The van der Waals surface area contributed by atoms with Gasteiger partial charge in [0.05, 0.1) is 0 Å². The number of furan rings is 1. The molecule has 0 N–H and O–H groups in total. The van der Waals surface area contributed by atoms with Crippen molar-refractivity contribution in [2.24, 2.45) is 0 Å². The Kier molecular flexibility index (Phi) is 3.55. The minimum absolute atomic E-state index is 0.683. The molecule has 0 saturated carbocycles. The summed E-state index contributed by atoms with van der Waals surface area (Å²) in [4.78, 5) is 0. The lowest BCUT2D eigenvalue weighted by molar-refractivity contribution is 0.670. The van der Waals surface area contributed by atoms with Crippen LogP contribution in [0.1, 0.15) is 0 Å². The van der Waals surface area contributed by atoms with Crippen molar-refractivity contribution < 1.29 is 4.42 Å². The van der Waals surface area contributed by atoms with Crippen LogP contribution in [0.5, 0.6) is 0 Å². The van der Waals surface area contributed by atoms with Gasteiger partial charge in [-0.15, -0.1) is 0 Å². The van der Waals surface area contributed by atoms with Crippen LogP contribution in [0.2, 0.25) is 5.02 Å². The minimum Gasteiger partial charge on any atom is -0.455 e. The Bertz CT molecular complexity index is 1240. The average molecular weight is 355 g/mol. The molecule has 5 aromatic rings. The second-order valence-electron chi connectivity index (χ2n) is 6.34. The summed E-state index contributed by atoms with van der Waals surface area (Å²) in [6.07, 6.45) is 0. The third-order valence-electron chi connectivity index (χ3n) is 4.76. The first-order valence-corrected chi connectivity index (χ1v) is 8.95. The lowest BCUT2D eigenvalue weighted by Crippen LogP contribution is -1.85. The summed E-state index contributed by atoms with van der Waals surface area (Å²) in [6, 6.07) is 31.0. The molecule has 2 heteroatoms. The van der Waals surface area contributed by atoms with Crippen LogP contribution in [-0.2, 0) is 0 Å². The molecule has 0 atom stereocenters. The van der Waals surface area contributed by atoms with Gasteiger partial charge in [-0.05, 0) is 28.8 Å². The number of fused-ring (bicyclic) bond motifs is 3. The average Bonchev–Trinajstić information content (AvgIpc) is 3.06. The summed E-state index contributed by atoms with van der Waals surface area (Å²) < 4.78 is 6.23. The van der Waals surface area contributed by atoms with Crippen molar-refractivity contribution in [2.45, 2.75) is 0 Å². The van der Waals surface area contributed by atoms with Crippen LogP contribution < -0.4 is 0 Å². The predicted octanol–water partition coefficient (Wildman–Crippen LogP) is 7.57. The Labute approximate surface area is 156 Å². The highest BCUT2D eigenvalue weighted by Gasteiger charge is 2.15. The number of halogens is 1. The van der Waals surface area contributed by atoms with Crippen molar-refractivity contribution in [3.63, 3.8) is 0 Å². The van der Waals surface area contributed by atoms with E-state index in [2.05, 4.69) is 66.7 Å². The first kappa shape index (κ1) is 15.2. The topological polar surface area (TPSA) is 13.1 Å². The van der Waals surface area contributed by atoms with Crippen LogP contribution in [0.4, 0.5) is 0 Å². The van der Waals surface area contributed by atoms with Gasteiger partial charge in [-0.3, -0.25) is 0 Å². The molecule has 26 heavy (non-hydrogen) atoms. The zero-order valence-corrected chi connectivity index (χ0v) is 14.7. The van der Waals surface area contributed by atoms with Gasteiger partial charge in [-0.1, -0.05) is 84.4 Å². The normalized spacial score (nSPS) is 11.3. The maximum absolute atomic E-state index is 6.23. The summed E-state index contributed by atoms with van der Waals surface area (Å²) >= 11 is 6.15. The zero-order valence-electron chi connectivity index (χ0n) is 13.9. The molecule has 1 heterocycles. The van der Waals surface area contributed by atoms with E-state index < -0.39 is 0 Å². The highest BCUT2D eigenvalue weighted by Crippen LogP contribution is 2.40. The van der Waals surface area contributed by atoms with Gasteiger partial charge < -0.3 is 4.42 Å². The maximum Gasteiger partial charge on any atom is 0.143 e. The van der Waals surface area contributed by atoms with Gasteiger partial charge in [-0.2, -0.15) is 0 Å². The van der Waals surface area contributed by atoms with Crippen LogP contribution >= 0.6 is 11.6 Å². The lowest BCUT2D eigenvalue weighted by Gasteiger charge is -2.10. The molecular formula is C24H15ClO. The van der Waals surface area contributed by atoms with E-state index in [0.29, 0.717) is 5.02 Å². The van der Waals surface area contributed by atoms with Crippen LogP contribution in [0.15, 0.2) is 95.4 Å². The summed E-state index contributed by atoms with van der Waals surface area (Å²) in [5.41, 5.74) is 6.35. The second kappa shape index (κ2) is 6.05. The molecule has 5 rings (SSSR count). The van der Waals surface area contributed by atoms with Crippen LogP contribution in [0.25, 0.3) is 44.2 Å². The highest BCUT2D eigenvalue weighted by atomic mass is 35.5. The maximum atomic E-state index is 6.23. The summed E-state index contributed by atoms with van der Waals surface area (Å²) in [5, 5.41) is 2.88. The molecule has 1 aromatic heterocycles. The van der Waals surface area contributed by atoms with Gasteiger partial charge >= 0.3 is 0 Å². The molecular weight excluding hydrogens is 340 g/mol. The molecule has 1 nitrogen and oxygen atoms in total. The molecule has 0 fully saturated rings. The SMILES string of the molecule is Clc1ccc2c(c1)oc1c(-c3ccccc3-c3ccccc3)cccc12.